The Morgan fingerprint density at radius 1 is 1.04 bits per heavy atom. The summed E-state index contributed by atoms with van der Waals surface area (Å²) in [6, 6.07) is 18.7. The number of aromatic nitrogens is 1. The van der Waals surface area contributed by atoms with Gasteiger partial charge >= 0.3 is 0 Å². The summed E-state index contributed by atoms with van der Waals surface area (Å²) in [5.41, 5.74) is 2.68. The Labute approximate surface area is 167 Å². The number of pyridine rings is 1. The molecule has 1 aromatic heterocycles. The molecule has 0 atom stereocenters. The van der Waals surface area contributed by atoms with Crippen molar-refractivity contribution in [2.75, 3.05) is 5.32 Å². The van der Waals surface area contributed by atoms with E-state index in [1.54, 1.807) is 22.9 Å². The van der Waals surface area contributed by atoms with E-state index in [0.717, 1.165) is 10.0 Å². The van der Waals surface area contributed by atoms with Crippen molar-refractivity contribution in [2.45, 2.75) is 26.3 Å². The molecule has 1 amide bonds. The average molecular weight is 425 g/mol. The third-order valence-corrected chi connectivity index (χ3v) is 4.89. The first-order valence-corrected chi connectivity index (χ1v) is 9.58. The van der Waals surface area contributed by atoms with E-state index in [9.17, 15) is 9.59 Å². The summed E-state index contributed by atoms with van der Waals surface area (Å²) < 4.78 is 2.52. The van der Waals surface area contributed by atoms with Gasteiger partial charge in [-0.15, -0.1) is 0 Å². The quantitative estimate of drug-likeness (QED) is 0.623. The summed E-state index contributed by atoms with van der Waals surface area (Å²) in [6.07, 6.45) is 1.69. The van der Waals surface area contributed by atoms with Crippen LogP contribution >= 0.6 is 15.9 Å². The molecule has 27 heavy (non-hydrogen) atoms. The van der Waals surface area contributed by atoms with Crippen molar-refractivity contribution < 1.29 is 4.79 Å². The second-order valence-corrected chi connectivity index (χ2v) is 7.63. The van der Waals surface area contributed by atoms with Crippen molar-refractivity contribution in [1.82, 2.24) is 4.57 Å². The minimum atomic E-state index is -0.401. The molecule has 3 aromatic rings. The van der Waals surface area contributed by atoms with Gasteiger partial charge in [0.1, 0.15) is 5.56 Å². The lowest BCUT2D eigenvalue weighted by Crippen LogP contribution is -2.29. The number of hydrogen-bond donors (Lipinski definition) is 1. The van der Waals surface area contributed by atoms with Crippen LogP contribution in [-0.2, 0) is 6.54 Å². The predicted octanol–water partition coefficient (Wildman–Crippen LogP) is 5.03. The number of amides is 1. The highest BCUT2D eigenvalue weighted by Crippen LogP contribution is 2.17. The van der Waals surface area contributed by atoms with Crippen molar-refractivity contribution in [3.8, 4) is 0 Å². The van der Waals surface area contributed by atoms with E-state index in [2.05, 4.69) is 35.1 Å². The number of anilines is 1. The predicted molar refractivity (Wildman–Crippen MR) is 112 cm³/mol. The zero-order valence-electron chi connectivity index (χ0n) is 15.3. The molecule has 0 unspecified atom stereocenters. The van der Waals surface area contributed by atoms with Crippen LogP contribution < -0.4 is 10.9 Å². The third kappa shape index (κ3) is 4.74. The number of nitrogens with one attached hydrogen (secondary N) is 1. The van der Waals surface area contributed by atoms with Crippen LogP contribution in [0.25, 0.3) is 0 Å². The number of halogens is 1. The standard InChI is InChI=1S/C22H21BrN2O2/c1-15(2)17-7-11-19(12-8-17)24-21(26)20-4-3-13-25(22(20)27)14-16-5-9-18(23)10-6-16/h3-13,15H,14H2,1-2H3,(H,24,26). The van der Waals surface area contributed by atoms with E-state index in [0.29, 0.717) is 18.2 Å². The molecule has 0 aliphatic rings. The Morgan fingerprint density at radius 2 is 1.70 bits per heavy atom. The molecule has 0 aliphatic carbocycles. The molecule has 1 heterocycles. The highest BCUT2D eigenvalue weighted by molar-refractivity contribution is 9.10. The molecule has 0 saturated heterocycles. The number of hydrogen-bond acceptors (Lipinski definition) is 2. The largest absolute Gasteiger partial charge is 0.322 e. The van der Waals surface area contributed by atoms with Gasteiger partial charge in [-0.3, -0.25) is 9.59 Å². The highest BCUT2D eigenvalue weighted by atomic mass is 79.9. The van der Waals surface area contributed by atoms with Gasteiger partial charge in [-0.2, -0.15) is 0 Å². The first-order chi connectivity index (χ1) is 12.9. The Morgan fingerprint density at radius 3 is 2.33 bits per heavy atom. The maximum absolute atomic E-state index is 12.7. The lowest BCUT2D eigenvalue weighted by atomic mass is 10.0. The monoisotopic (exact) mass is 424 g/mol. The molecule has 2 aromatic carbocycles. The van der Waals surface area contributed by atoms with Crippen molar-refractivity contribution in [1.29, 1.82) is 0 Å². The zero-order valence-corrected chi connectivity index (χ0v) is 16.9. The Balaban J connectivity index is 1.79. The van der Waals surface area contributed by atoms with Crippen molar-refractivity contribution in [2.24, 2.45) is 0 Å². The first kappa shape index (κ1) is 19.1. The maximum atomic E-state index is 12.7. The van der Waals surface area contributed by atoms with Crippen molar-refractivity contribution in [3.05, 3.63) is 98.4 Å². The second-order valence-electron chi connectivity index (χ2n) is 6.71. The molecule has 0 saturated carbocycles. The van der Waals surface area contributed by atoms with Crippen LogP contribution in [0.1, 0.15) is 41.3 Å². The van der Waals surface area contributed by atoms with Crippen LogP contribution in [0.2, 0.25) is 0 Å². The van der Waals surface area contributed by atoms with E-state index >= 15 is 0 Å². The maximum Gasteiger partial charge on any atom is 0.263 e. The summed E-state index contributed by atoms with van der Waals surface area (Å²) in [6.45, 7) is 4.65. The van der Waals surface area contributed by atoms with Gasteiger partial charge in [0, 0.05) is 16.4 Å². The highest BCUT2D eigenvalue weighted by Gasteiger charge is 2.13. The average Bonchev–Trinajstić information content (AvgIpc) is 2.65. The summed E-state index contributed by atoms with van der Waals surface area (Å²) in [5, 5.41) is 2.81. The number of nitrogens with zero attached hydrogens (tertiary/aromatic N) is 1. The van der Waals surface area contributed by atoms with Gasteiger partial charge in [0.15, 0.2) is 0 Å². The Bertz CT molecular complexity index is 990. The fraction of sp³-hybridized carbons (Fsp3) is 0.182. The van der Waals surface area contributed by atoms with E-state index < -0.39 is 5.91 Å². The minimum Gasteiger partial charge on any atom is -0.322 e. The topological polar surface area (TPSA) is 51.1 Å². The van der Waals surface area contributed by atoms with Crippen LogP contribution in [0.15, 0.2) is 76.1 Å². The number of carbonyl (C=O) groups excluding carboxylic acids is 1. The van der Waals surface area contributed by atoms with Crippen molar-refractivity contribution in [3.63, 3.8) is 0 Å². The fourth-order valence-corrected chi connectivity index (χ4v) is 3.03. The van der Waals surface area contributed by atoms with Crippen molar-refractivity contribution >= 4 is 27.5 Å². The lowest BCUT2D eigenvalue weighted by Gasteiger charge is -2.10. The van der Waals surface area contributed by atoms with Gasteiger partial charge in [0.2, 0.25) is 0 Å². The summed E-state index contributed by atoms with van der Waals surface area (Å²) in [7, 11) is 0. The molecular weight excluding hydrogens is 404 g/mol. The molecule has 0 fully saturated rings. The second kappa shape index (κ2) is 8.35. The Hall–Kier alpha value is -2.66. The van der Waals surface area contributed by atoms with Gasteiger partial charge in [-0.25, -0.2) is 0 Å². The van der Waals surface area contributed by atoms with Gasteiger partial charge < -0.3 is 9.88 Å². The van der Waals surface area contributed by atoms with Crippen LogP contribution in [0.3, 0.4) is 0 Å². The zero-order chi connectivity index (χ0) is 19.4. The summed E-state index contributed by atoms with van der Waals surface area (Å²) >= 11 is 3.40. The third-order valence-electron chi connectivity index (χ3n) is 4.37. The smallest absolute Gasteiger partial charge is 0.263 e. The molecule has 0 aliphatic heterocycles. The number of rotatable bonds is 5. The lowest BCUT2D eigenvalue weighted by molar-refractivity contribution is 0.102. The molecule has 5 heteroatoms. The van der Waals surface area contributed by atoms with Gasteiger partial charge in [-0.05, 0) is 53.4 Å². The van der Waals surface area contributed by atoms with Crippen LogP contribution in [-0.4, -0.2) is 10.5 Å². The van der Waals surface area contributed by atoms with E-state index in [1.165, 1.54) is 5.56 Å². The molecule has 0 radical (unpaired) electrons. The van der Waals surface area contributed by atoms with Crippen LogP contribution in [0.5, 0.6) is 0 Å². The van der Waals surface area contributed by atoms with E-state index in [-0.39, 0.29) is 11.1 Å². The molecular formula is C22H21BrN2O2. The molecule has 3 rings (SSSR count). The Kier molecular flexibility index (Phi) is 5.91. The summed E-state index contributed by atoms with van der Waals surface area (Å²) in [4.78, 5) is 25.3. The minimum absolute atomic E-state index is 0.127. The fourth-order valence-electron chi connectivity index (χ4n) is 2.77. The molecule has 1 N–H and O–H groups in total. The number of carbonyl (C=O) groups is 1. The van der Waals surface area contributed by atoms with E-state index in [4.69, 9.17) is 0 Å². The summed E-state index contributed by atoms with van der Waals surface area (Å²) in [5.74, 6) is 0.0251. The van der Waals surface area contributed by atoms with Crippen LogP contribution in [0.4, 0.5) is 5.69 Å². The molecule has 138 valence electrons. The van der Waals surface area contributed by atoms with Gasteiger partial charge in [0.05, 0.1) is 6.54 Å². The molecule has 0 spiro atoms. The van der Waals surface area contributed by atoms with Gasteiger partial charge in [0.25, 0.3) is 11.5 Å². The first-order valence-electron chi connectivity index (χ1n) is 8.79. The van der Waals surface area contributed by atoms with Gasteiger partial charge in [-0.1, -0.05) is 54.0 Å². The number of benzene rings is 2. The van der Waals surface area contributed by atoms with E-state index in [1.807, 2.05) is 48.5 Å². The molecule has 0 bridgehead atoms. The van der Waals surface area contributed by atoms with Crippen LogP contribution in [0, 0.1) is 0 Å². The SMILES string of the molecule is CC(C)c1ccc(NC(=O)c2cccn(Cc3ccc(Br)cc3)c2=O)cc1. The molecule has 4 nitrogen and oxygen atoms in total. The normalized spacial score (nSPS) is 10.8.